The Hall–Kier alpha value is -4.28. The van der Waals surface area contributed by atoms with E-state index in [0.717, 1.165) is 5.56 Å². The van der Waals surface area contributed by atoms with Crippen molar-refractivity contribution < 1.29 is 18.7 Å². The summed E-state index contributed by atoms with van der Waals surface area (Å²) in [4.78, 5) is 28.1. The van der Waals surface area contributed by atoms with E-state index in [-0.39, 0.29) is 23.4 Å². The number of methoxy groups -OCH3 is 2. The Labute approximate surface area is 206 Å². The number of halogens is 1. The average Bonchev–Trinajstić information content (AvgIpc) is 3.46. The Morgan fingerprint density at radius 2 is 2.00 bits per heavy atom. The van der Waals surface area contributed by atoms with Gasteiger partial charge >= 0.3 is 0 Å². The van der Waals surface area contributed by atoms with Crippen molar-refractivity contribution in [1.82, 2.24) is 29.2 Å². The lowest BCUT2D eigenvalue weighted by molar-refractivity contribution is -0.127. The molecule has 1 aliphatic heterocycles. The largest absolute Gasteiger partial charge is 0.497 e. The summed E-state index contributed by atoms with van der Waals surface area (Å²) in [5, 5.41) is 4.23. The number of nitrogens with zero attached hydrogens (tertiary/aromatic N) is 7. The number of rotatable bonds is 6. The standard InChI is InChI=1S/C25H26FN7O3/c1-31-13-15(11-28-31)20-12-27-18-6-7-22(29-19-9-17(35-3)10-21(36-4)24(19)26)33(25(18)30-20)14-16-5-8-23(34)32(16)2/h6-7,9-13,16H,5,8,14H2,1-4H3. The SMILES string of the molecule is COc1cc(N=c2ccc3ncc(-c4cnn(C)c4)nc3n2CC2CCC(=O)N2C)c(F)c(OC)c1. The van der Waals surface area contributed by atoms with Crippen molar-refractivity contribution >= 4 is 22.8 Å². The molecule has 0 aliphatic carbocycles. The minimum atomic E-state index is -0.603. The number of ether oxygens (including phenoxy) is 2. The molecular weight excluding hydrogens is 465 g/mol. The fraction of sp³-hybridized carbons (Fsp3) is 0.320. The second-order valence-electron chi connectivity index (χ2n) is 8.64. The molecule has 186 valence electrons. The number of fused-ring (bicyclic) bond motifs is 1. The maximum Gasteiger partial charge on any atom is 0.222 e. The highest BCUT2D eigenvalue weighted by atomic mass is 19.1. The van der Waals surface area contributed by atoms with Crippen LogP contribution in [0.2, 0.25) is 0 Å². The van der Waals surface area contributed by atoms with E-state index < -0.39 is 5.82 Å². The molecule has 1 aromatic carbocycles. The number of likely N-dealkylation sites (N-methyl/N-ethyl adjacent to an activating group) is 1. The first-order valence-electron chi connectivity index (χ1n) is 11.5. The van der Waals surface area contributed by atoms with Gasteiger partial charge in [0.1, 0.15) is 22.4 Å². The van der Waals surface area contributed by atoms with E-state index in [1.807, 2.05) is 17.8 Å². The smallest absolute Gasteiger partial charge is 0.222 e. The van der Waals surface area contributed by atoms with E-state index >= 15 is 4.39 Å². The molecule has 0 N–H and O–H groups in total. The fourth-order valence-corrected chi connectivity index (χ4v) is 4.34. The van der Waals surface area contributed by atoms with Gasteiger partial charge in [-0.2, -0.15) is 5.10 Å². The highest BCUT2D eigenvalue weighted by Gasteiger charge is 2.28. The van der Waals surface area contributed by atoms with Gasteiger partial charge in [0.05, 0.1) is 32.3 Å². The van der Waals surface area contributed by atoms with Gasteiger partial charge in [-0.25, -0.2) is 14.4 Å². The molecule has 3 aromatic heterocycles. The Balaban J connectivity index is 1.73. The van der Waals surface area contributed by atoms with Gasteiger partial charge < -0.3 is 18.9 Å². The second-order valence-corrected chi connectivity index (χ2v) is 8.64. The molecule has 1 atom stereocenters. The lowest BCUT2D eigenvalue weighted by Gasteiger charge is -2.22. The molecule has 5 rings (SSSR count). The fourth-order valence-electron chi connectivity index (χ4n) is 4.34. The summed E-state index contributed by atoms with van der Waals surface area (Å²) in [5.74, 6) is -0.0716. The summed E-state index contributed by atoms with van der Waals surface area (Å²) in [7, 11) is 6.51. The lowest BCUT2D eigenvalue weighted by Crippen LogP contribution is -2.36. The Morgan fingerprint density at radius 1 is 1.17 bits per heavy atom. The van der Waals surface area contributed by atoms with E-state index in [1.54, 1.807) is 41.2 Å². The van der Waals surface area contributed by atoms with Crippen LogP contribution in [0.5, 0.6) is 11.5 Å². The van der Waals surface area contributed by atoms with Crippen LogP contribution in [-0.2, 0) is 18.4 Å². The van der Waals surface area contributed by atoms with Crippen LogP contribution in [0.4, 0.5) is 10.1 Å². The first-order chi connectivity index (χ1) is 17.4. The quantitative estimate of drug-likeness (QED) is 0.411. The molecule has 11 heteroatoms. The molecule has 1 saturated heterocycles. The summed E-state index contributed by atoms with van der Waals surface area (Å²) in [6, 6.07) is 6.48. The molecule has 0 saturated carbocycles. The molecule has 36 heavy (non-hydrogen) atoms. The molecule has 4 heterocycles. The van der Waals surface area contributed by atoms with Crippen molar-refractivity contribution in [3.8, 4) is 22.8 Å². The molecule has 1 amide bonds. The van der Waals surface area contributed by atoms with E-state index in [0.29, 0.717) is 47.5 Å². The topological polar surface area (TPSA) is 99.7 Å². The highest BCUT2D eigenvalue weighted by Crippen LogP contribution is 2.32. The maximum atomic E-state index is 15.2. The zero-order chi connectivity index (χ0) is 25.4. The van der Waals surface area contributed by atoms with Crippen molar-refractivity contribution in [2.45, 2.75) is 25.4 Å². The van der Waals surface area contributed by atoms with Crippen LogP contribution in [-0.4, -0.2) is 62.4 Å². The predicted octanol–water partition coefficient (Wildman–Crippen LogP) is 2.84. The molecule has 4 aromatic rings. The van der Waals surface area contributed by atoms with Crippen molar-refractivity contribution in [2.75, 3.05) is 21.3 Å². The maximum absolute atomic E-state index is 15.2. The normalized spacial score (nSPS) is 16.2. The van der Waals surface area contributed by atoms with Crippen molar-refractivity contribution in [1.29, 1.82) is 0 Å². The molecule has 10 nitrogen and oxygen atoms in total. The Bertz CT molecular complexity index is 1530. The molecule has 1 aliphatic rings. The Kier molecular flexibility index (Phi) is 6.13. The number of pyridine rings is 1. The summed E-state index contributed by atoms with van der Waals surface area (Å²) < 4.78 is 29.2. The van der Waals surface area contributed by atoms with Crippen LogP contribution in [0.1, 0.15) is 12.8 Å². The van der Waals surface area contributed by atoms with E-state index in [2.05, 4.69) is 15.1 Å². The number of carbonyl (C=O) groups excluding carboxylic acids is 1. The molecule has 0 spiro atoms. The summed E-state index contributed by atoms with van der Waals surface area (Å²) in [6.07, 6.45) is 6.45. The second kappa shape index (κ2) is 9.40. The lowest BCUT2D eigenvalue weighted by atomic mass is 10.2. The number of aromatic nitrogens is 5. The molecule has 0 bridgehead atoms. The molecular formula is C25H26FN7O3. The number of benzene rings is 1. The van der Waals surface area contributed by atoms with Crippen LogP contribution >= 0.6 is 0 Å². The van der Waals surface area contributed by atoms with Gasteiger partial charge in [0.15, 0.2) is 17.2 Å². The van der Waals surface area contributed by atoms with E-state index in [1.165, 1.54) is 26.4 Å². The molecule has 1 fully saturated rings. The predicted molar refractivity (Wildman–Crippen MR) is 130 cm³/mol. The number of likely N-dealkylation sites (tertiary alicyclic amines) is 1. The zero-order valence-electron chi connectivity index (χ0n) is 20.5. The van der Waals surface area contributed by atoms with Gasteiger partial charge in [-0.1, -0.05) is 0 Å². The third-order valence-electron chi connectivity index (χ3n) is 6.41. The minimum Gasteiger partial charge on any atom is -0.497 e. The van der Waals surface area contributed by atoms with Gasteiger partial charge in [-0.3, -0.25) is 14.5 Å². The third-order valence-corrected chi connectivity index (χ3v) is 6.41. The van der Waals surface area contributed by atoms with Crippen LogP contribution in [0.3, 0.4) is 0 Å². The van der Waals surface area contributed by atoms with Crippen LogP contribution in [0.15, 0.2) is 47.8 Å². The van der Waals surface area contributed by atoms with Gasteiger partial charge in [0, 0.05) is 57.0 Å². The van der Waals surface area contributed by atoms with Gasteiger partial charge in [-0.05, 0) is 18.6 Å². The minimum absolute atomic E-state index is 0.0280. The number of aryl methyl sites for hydroxylation is 1. The van der Waals surface area contributed by atoms with Crippen molar-refractivity contribution in [2.24, 2.45) is 12.0 Å². The van der Waals surface area contributed by atoms with Gasteiger partial charge in [0.25, 0.3) is 0 Å². The van der Waals surface area contributed by atoms with E-state index in [9.17, 15) is 4.79 Å². The Morgan fingerprint density at radius 3 is 2.67 bits per heavy atom. The van der Waals surface area contributed by atoms with Gasteiger partial charge in [-0.15, -0.1) is 0 Å². The van der Waals surface area contributed by atoms with E-state index in [4.69, 9.17) is 14.5 Å². The number of hydrogen-bond acceptors (Lipinski definition) is 7. The first kappa shape index (κ1) is 23.5. The van der Waals surface area contributed by atoms with Gasteiger partial charge in [0.2, 0.25) is 5.91 Å². The molecule has 0 radical (unpaired) electrons. The van der Waals surface area contributed by atoms with Crippen molar-refractivity contribution in [3.63, 3.8) is 0 Å². The summed E-state index contributed by atoms with van der Waals surface area (Å²) >= 11 is 0. The van der Waals surface area contributed by atoms with Crippen LogP contribution in [0, 0.1) is 5.82 Å². The first-order valence-corrected chi connectivity index (χ1v) is 11.5. The average molecular weight is 492 g/mol. The third kappa shape index (κ3) is 4.28. The van der Waals surface area contributed by atoms with Crippen LogP contribution in [0.25, 0.3) is 22.4 Å². The monoisotopic (exact) mass is 491 g/mol. The van der Waals surface area contributed by atoms with Crippen LogP contribution < -0.4 is 15.0 Å². The molecule has 1 unspecified atom stereocenters. The number of hydrogen-bond donors (Lipinski definition) is 0. The summed E-state index contributed by atoms with van der Waals surface area (Å²) in [5.41, 5.74) is 3.20. The number of amides is 1. The number of carbonyl (C=O) groups is 1. The highest BCUT2D eigenvalue weighted by molar-refractivity contribution is 5.78. The summed E-state index contributed by atoms with van der Waals surface area (Å²) in [6.45, 7) is 0.423. The zero-order valence-corrected chi connectivity index (χ0v) is 20.5. The van der Waals surface area contributed by atoms with Crippen molar-refractivity contribution in [3.05, 3.63) is 54.2 Å².